The first kappa shape index (κ1) is 19.9. The van der Waals surface area contributed by atoms with E-state index in [1.807, 2.05) is 38.1 Å². The lowest BCUT2D eigenvalue weighted by atomic mass is 10.1. The number of nitrogens with zero attached hydrogens (tertiary/aromatic N) is 2. The second kappa shape index (κ2) is 8.13. The van der Waals surface area contributed by atoms with Crippen LogP contribution in [0.25, 0.3) is 6.08 Å². The molecule has 2 amide bonds. The van der Waals surface area contributed by atoms with Gasteiger partial charge in [-0.25, -0.2) is 4.98 Å². The molecule has 30 heavy (non-hydrogen) atoms. The van der Waals surface area contributed by atoms with Crippen LogP contribution in [-0.2, 0) is 0 Å². The van der Waals surface area contributed by atoms with Crippen molar-refractivity contribution in [2.45, 2.75) is 19.9 Å². The van der Waals surface area contributed by atoms with Gasteiger partial charge in [0.2, 0.25) is 5.88 Å². The SMILES string of the molecule is Cc1ccc(Oc2ccc(/C=C/[C@H](C)N3C(=O)c4ccccc4C3=O)cn2)c(Cl)c1. The van der Waals surface area contributed by atoms with E-state index in [9.17, 15) is 9.59 Å². The van der Waals surface area contributed by atoms with Crippen LogP contribution in [0, 0.1) is 6.92 Å². The van der Waals surface area contributed by atoms with Crippen molar-refractivity contribution in [2.24, 2.45) is 0 Å². The van der Waals surface area contributed by atoms with Crippen LogP contribution in [0.4, 0.5) is 0 Å². The normalized spacial score (nSPS) is 14.3. The fourth-order valence-corrected chi connectivity index (χ4v) is 3.54. The van der Waals surface area contributed by atoms with Crippen molar-refractivity contribution in [3.63, 3.8) is 0 Å². The van der Waals surface area contributed by atoms with Gasteiger partial charge in [0.05, 0.1) is 22.2 Å². The molecular weight excluding hydrogens is 400 g/mol. The van der Waals surface area contributed by atoms with Crippen molar-refractivity contribution in [3.8, 4) is 11.6 Å². The molecule has 0 spiro atoms. The number of rotatable bonds is 5. The van der Waals surface area contributed by atoms with Crippen LogP contribution in [0.2, 0.25) is 5.02 Å². The second-order valence-electron chi connectivity index (χ2n) is 7.09. The summed E-state index contributed by atoms with van der Waals surface area (Å²) < 4.78 is 5.73. The smallest absolute Gasteiger partial charge is 0.262 e. The average molecular weight is 419 g/mol. The highest BCUT2D eigenvalue weighted by Gasteiger charge is 2.37. The van der Waals surface area contributed by atoms with Gasteiger partial charge in [-0.3, -0.25) is 14.5 Å². The van der Waals surface area contributed by atoms with Gasteiger partial charge in [-0.15, -0.1) is 0 Å². The highest BCUT2D eigenvalue weighted by Crippen LogP contribution is 2.29. The van der Waals surface area contributed by atoms with E-state index < -0.39 is 0 Å². The predicted octanol–water partition coefficient (Wildman–Crippen LogP) is 5.53. The molecule has 2 aromatic carbocycles. The first-order valence-electron chi connectivity index (χ1n) is 9.49. The summed E-state index contributed by atoms with van der Waals surface area (Å²) in [5.74, 6) is 0.415. The number of pyridine rings is 1. The summed E-state index contributed by atoms with van der Waals surface area (Å²) >= 11 is 6.19. The van der Waals surface area contributed by atoms with E-state index in [2.05, 4.69) is 4.98 Å². The first-order chi connectivity index (χ1) is 14.4. The Kier molecular flexibility index (Phi) is 5.38. The number of halogens is 1. The molecule has 6 heteroatoms. The third kappa shape index (κ3) is 3.84. The predicted molar refractivity (Wildman–Crippen MR) is 116 cm³/mol. The third-order valence-electron chi connectivity index (χ3n) is 4.86. The largest absolute Gasteiger partial charge is 0.437 e. The Morgan fingerprint density at radius 3 is 2.33 bits per heavy atom. The monoisotopic (exact) mass is 418 g/mol. The van der Waals surface area contributed by atoms with Crippen LogP contribution in [-0.4, -0.2) is 27.7 Å². The summed E-state index contributed by atoms with van der Waals surface area (Å²) in [4.78, 5) is 30.7. The maximum absolute atomic E-state index is 12.6. The number of benzene rings is 2. The standard InChI is InChI=1S/C24H19ClN2O3/c1-15-7-11-21(20(25)13-15)30-22-12-10-17(14-26-22)9-8-16(2)27-23(28)18-5-3-4-6-19(18)24(27)29/h3-14,16H,1-2H3/b9-8+/t16-/m0/s1. The van der Waals surface area contributed by atoms with Crippen LogP contribution >= 0.6 is 11.6 Å². The Morgan fingerprint density at radius 1 is 1.03 bits per heavy atom. The van der Waals surface area contributed by atoms with Crippen molar-refractivity contribution in [1.82, 2.24) is 9.88 Å². The Hall–Kier alpha value is -3.44. The molecule has 0 saturated heterocycles. The number of aryl methyl sites for hydroxylation is 1. The van der Waals surface area contributed by atoms with E-state index in [1.54, 1.807) is 48.7 Å². The summed E-state index contributed by atoms with van der Waals surface area (Å²) in [6, 6.07) is 15.6. The number of aromatic nitrogens is 1. The molecular formula is C24H19ClN2O3. The summed E-state index contributed by atoms with van der Waals surface area (Å²) in [5, 5.41) is 0.524. The Bertz CT molecular complexity index is 1120. The number of imide groups is 1. The molecule has 1 aliphatic rings. The van der Waals surface area contributed by atoms with E-state index in [0.717, 1.165) is 11.1 Å². The third-order valence-corrected chi connectivity index (χ3v) is 5.16. The zero-order chi connectivity index (χ0) is 21.3. The Balaban J connectivity index is 1.44. The van der Waals surface area contributed by atoms with Crippen LogP contribution in [0.15, 0.2) is 66.9 Å². The number of hydrogen-bond acceptors (Lipinski definition) is 4. The van der Waals surface area contributed by atoms with Crippen molar-refractivity contribution in [1.29, 1.82) is 0 Å². The van der Waals surface area contributed by atoms with Gasteiger partial charge in [-0.2, -0.15) is 0 Å². The van der Waals surface area contributed by atoms with Gasteiger partial charge in [0.1, 0.15) is 5.75 Å². The Labute approximate surface area is 179 Å². The van der Waals surface area contributed by atoms with Gasteiger partial charge >= 0.3 is 0 Å². The molecule has 1 aliphatic heterocycles. The lowest BCUT2D eigenvalue weighted by Crippen LogP contribution is -2.36. The minimum absolute atomic E-state index is 0.274. The van der Waals surface area contributed by atoms with E-state index in [1.165, 1.54) is 4.90 Å². The van der Waals surface area contributed by atoms with E-state index in [0.29, 0.717) is 27.8 Å². The zero-order valence-electron chi connectivity index (χ0n) is 16.5. The molecule has 1 aromatic heterocycles. The average Bonchev–Trinajstić information content (AvgIpc) is 3.00. The summed E-state index contributed by atoms with van der Waals surface area (Å²) in [7, 11) is 0. The van der Waals surface area contributed by atoms with Gasteiger partial charge in [0.15, 0.2) is 0 Å². The molecule has 150 valence electrons. The van der Waals surface area contributed by atoms with Gasteiger partial charge in [-0.05, 0) is 55.3 Å². The highest BCUT2D eigenvalue weighted by molar-refractivity contribution is 6.32. The lowest BCUT2D eigenvalue weighted by molar-refractivity contribution is 0.0625. The van der Waals surface area contributed by atoms with Crippen LogP contribution in [0.1, 0.15) is 38.8 Å². The highest BCUT2D eigenvalue weighted by atomic mass is 35.5. The summed E-state index contributed by atoms with van der Waals surface area (Å²) in [6.07, 6.45) is 5.28. The minimum Gasteiger partial charge on any atom is -0.437 e. The van der Waals surface area contributed by atoms with Gasteiger partial charge in [0, 0.05) is 12.3 Å². The van der Waals surface area contributed by atoms with Crippen molar-refractivity contribution < 1.29 is 14.3 Å². The molecule has 0 saturated carbocycles. The molecule has 0 N–H and O–H groups in total. The van der Waals surface area contributed by atoms with Crippen LogP contribution in [0.3, 0.4) is 0 Å². The molecule has 4 rings (SSSR count). The van der Waals surface area contributed by atoms with E-state index >= 15 is 0 Å². The molecule has 0 unspecified atom stereocenters. The number of fused-ring (bicyclic) bond motifs is 1. The van der Waals surface area contributed by atoms with E-state index in [4.69, 9.17) is 16.3 Å². The van der Waals surface area contributed by atoms with Crippen molar-refractivity contribution in [3.05, 3.63) is 94.1 Å². The van der Waals surface area contributed by atoms with Gasteiger partial charge < -0.3 is 4.74 Å². The molecule has 5 nitrogen and oxygen atoms in total. The van der Waals surface area contributed by atoms with Crippen molar-refractivity contribution >= 4 is 29.5 Å². The minimum atomic E-state index is -0.389. The quantitative estimate of drug-likeness (QED) is 0.511. The summed E-state index contributed by atoms with van der Waals surface area (Å²) in [5.41, 5.74) is 2.76. The fourth-order valence-electron chi connectivity index (χ4n) is 3.27. The molecule has 0 aliphatic carbocycles. The molecule has 2 heterocycles. The van der Waals surface area contributed by atoms with E-state index in [-0.39, 0.29) is 17.9 Å². The number of hydrogen-bond donors (Lipinski definition) is 0. The number of amides is 2. The number of ether oxygens (including phenoxy) is 1. The number of carbonyl (C=O) groups excluding carboxylic acids is 2. The maximum atomic E-state index is 12.6. The second-order valence-corrected chi connectivity index (χ2v) is 7.50. The molecule has 3 aromatic rings. The lowest BCUT2D eigenvalue weighted by Gasteiger charge is -2.19. The molecule has 0 fully saturated rings. The summed E-state index contributed by atoms with van der Waals surface area (Å²) in [6.45, 7) is 3.76. The number of carbonyl (C=O) groups is 2. The van der Waals surface area contributed by atoms with Crippen molar-refractivity contribution in [2.75, 3.05) is 0 Å². The Morgan fingerprint density at radius 2 is 1.73 bits per heavy atom. The van der Waals surface area contributed by atoms with Gasteiger partial charge in [-0.1, -0.05) is 42.0 Å². The first-order valence-corrected chi connectivity index (χ1v) is 9.87. The molecule has 1 atom stereocenters. The maximum Gasteiger partial charge on any atom is 0.262 e. The topological polar surface area (TPSA) is 59.5 Å². The van der Waals surface area contributed by atoms with Crippen LogP contribution < -0.4 is 4.74 Å². The zero-order valence-corrected chi connectivity index (χ0v) is 17.3. The van der Waals surface area contributed by atoms with Gasteiger partial charge in [0.25, 0.3) is 11.8 Å². The fraction of sp³-hybridized carbons (Fsp3) is 0.125. The molecule has 0 radical (unpaired) electrons. The van der Waals surface area contributed by atoms with Crippen LogP contribution in [0.5, 0.6) is 11.6 Å². The molecule has 0 bridgehead atoms.